The number of ether oxygens (including phenoxy) is 1. The molecule has 0 radical (unpaired) electrons. The van der Waals surface area contributed by atoms with Crippen molar-refractivity contribution < 1.29 is 9.13 Å². The Hall–Kier alpha value is -1.56. The van der Waals surface area contributed by atoms with Crippen LogP contribution in [-0.4, -0.2) is 7.11 Å². The van der Waals surface area contributed by atoms with Gasteiger partial charge in [-0.05, 0) is 18.6 Å². The predicted octanol–water partition coefficient (Wildman–Crippen LogP) is 2.01. The van der Waals surface area contributed by atoms with Crippen molar-refractivity contribution in [2.75, 3.05) is 7.11 Å². The van der Waals surface area contributed by atoms with Gasteiger partial charge in [0.15, 0.2) is 11.6 Å². The number of nitriles is 1. The number of nitrogens with zero attached hydrogens (tertiary/aromatic N) is 1. The molecule has 0 atom stereocenters. The number of methoxy groups -OCH3 is 1. The van der Waals surface area contributed by atoms with E-state index in [1.165, 1.54) is 13.2 Å². The van der Waals surface area contributed by atoms with Gasteiger partial charge in [-0.1, -0.05) is 6.07 Å². The molecule has 0 N–H and O–H groups in total. The lowest BCUT2D eigenvalue weighted by atomic mass is 10.1. The molecule has 0 heterocycles. The van der Waals surface area contributed by atoms with E-state index in [-0.39, 0.29) is 11.3 Å². The van der Waals surface area contributed by atoms with Crippen LogP contribution >= 0.6 is 0 Å². The SMILES string of the molecule is COc1c(C#N)ccc(C)c1F. The van der Waals surface area contributed by atoms with Crippen molar-refractivity contribution in [1.29, 1.82) is 5.26 Å². The first-order chi connectivity index (χ1) is 5.70. The smallest absolute Gasteiger partial charge is 0.172 e. The first kappa shape index (κ1) is 8.54. The summed E-state index contributed by atoms with van der Waals surface area (Å²) in [6.07, 6.45) is 0. The summed E-state index contributed by atoms with van der Waals surface area (Å²) in [5.74, 6) is -0.436. The van der Waals surface area contributed by atoms with Crippen LogP contribution < -0.4 is 4.74 Å². The molecule has 2 nitrogen and oxygen atoms in total. The molecule has 1 aromatic carbocycles. The zero-order valence-corrected chi connectivity index (χ0v) is 6.89. The molecule has 12 heavy (non-hydrogen) atoms. The van der Waals surface area contributed by atoms with Gasteiger partial charge in [0.1, 0.15) is 6.07 Å². The molecule has 0 aliphatic heterocycles. The first-order valence-corrected chi connectivity index (χ1v) is 3.44. The summed E-state index contributed by atoms with van der Waals surface area (Å²) in [6.45, 7) is 1.62. The molecular weight excluding hydrogens is 157 g/mol. The van der Waals surface area contributed by atoms with E-state index in [1.54, 1.807) is 13.0 Å². The van der Waals surface area contributed by atoms with Crippen LogP contribution in [0.4, 0.5) is 4.39 Å². The number of hydrogen-bond acceptors (Lipinski definition) is 2. The molecule has 0 saturated heterocycles. The molecule has 0 aliphatic carbocycles. The largest absolute Gasteiger partial charge is 0.492 e. The minimum atomic E-state index is -0.462. The summed E-state index contributed by atoms with van der Waals surface area (Å²) in [4.78, 5) is 0. The summed E-state index contributed by atoms with van der Waals surface area (Å²) in [5.41, 5.74) is 0.700. The van der Waals surface area contributed by atoms with Crippen molar-refractivity contribution in [2.45, 2.75) is 6.92 Å². The number of rotatable bonds is 1. The topological polar surface area (TPSA) is 33.0 Å². The Balaban J connectivity index is 3.38. The van der Waals surface area contributed by atoms with Crippen molar-refractivity contribution in [1.82, 2.24) is 0 Å². The van der Waals surface area contributed by atoms with Crippen molar-refractivity contribution in [2.24, 2.45) is 0 Å². The highest BCUT2D eigenvalue weighted by molar-refractivity contribution is 5.46. The molecule has 1 aromatic rings. The minimum Gasteiger partial charge on any atom is -0.492 e. The molecule has 0 amide bonds. The summed E-state index contributed by atoms with van der Waals surface area (Å²) in [6, 6.07) is 4.94. The zero-order chi connectivity index (χ0) is 9.14. The Bertz CT molecular complexity index is 341. The number of benzene rings is 1. The van der Waals surface area contributed by atoms with Crippen molar-refractivity contribution in [3.8, 4) is 11.8 Å². The molecule has 62 valence electrons. The number of hydrogen-bond donors (Lipinski definition) is 0. The number of aryl methyl sites for hydroxylation is 1. The van der Waals surface area contributed by atoms with Gasteiger partial charge in [0, 0.05) is 0 Å². The Labute approximate surface area is 70.2 Å². The zero-order valence-electron chi connectivity index (χ0n) is 6.89. The molecule has 0 aromatic heterocycles. The molecule has 3 heteroatoms. The Morgan fingerprint density at radius 1 is 1.50 bits per heavy atom. The third-order valence-electron chi connectivity index (χ3n) is 1.61. The van der Waals surface area contributed by atoms with Gasteiger partial charge in [-0.3, -0.25) is 0 Å². The summed E-state index contributed by atoms with van der Waals surface area (Å²) in [5, 5.41) is 8.57. The highest BCUT2D eigenvalue weighted by Crippen LogP contribution is 2.24. The Morgan fingerprint density at radius 2 is 2.17 bits per heavy atom. The minimum absolute atomic E-state index is 0.0255. The standard InChI is InChI=1S/C9H8FNO/c1-6-3-4-7(5-11)9(12-2)8(6)10/h3-4H,1-2H3. The Morgan fingerprint density at radius 3 is 2.67 bits per heavy atom. The summed E-state index contributed by atoms with van der Waals surface area (Å²) < 4.78 is 17.9. The van der Waals surface area contributed by atoms with Gasteiger partial charge in [0.05, 0.1) is 12.7 Å². The normalized spacial score (nSPS) is 9.17. The monoisotopic (exact) mass is 165 g/mol. The fraction of sp³-hybridized carbons (Fsp3) is 0.222. The maximum Gasteiger partial charge on any atom is 0.172 e. The second-order valence-electron chi connectivity index (χ2n) is 2.39. The van der Waals surface area contributed by atoms with Gasteiger partial charge in [-0.2, -0.15) is 5.26 Å². The average Bonchev–Trinajstić information content (AvgIpc) is 2.09. The van der Waals surface area contributed by atoms with E-state index < -0.39 is 5.82 Å². The number of halogens is 1. The average molecular weight is 165 g/mol. The maximum atomic E-state index is 13.2. The van der Waals surface area contributed by atoms with E-state index in [1.807, 2.05) is 6.07 Å². The van der Waals surface area contributed by atoms with Gasteiger partial charge >= 0.3 is 0 Å². The third-order valence-corrected chi connectivity index (χ3v) is 1.61. The van der Waals surface area contributed by atoms with Crippen molar-refractivity contribution >= 4 is 0 Å². The Kier molecular flexibility index (Phi) is 2.29. The van der Waals surface area contributed by atoms with E-state index in [0.29, 0.717) is 5.56 Å². The lowest BCUT2D eigenvalue weighted by Gasteiger charge is -2.05. The van der Waals surface area contributed by atoms with E-state index in [2.05, 4.69) is 0 Å². The van der Waals surface area contributed by atoms with Crippen LogP contribution in [0.5, 0.6) is 5.75 Å². The second-order valence-corrected chi connectivity index (χ2v) is 2.39. The highest BCUT2D eigenvalue weighted by Gasteiger charge is 2.10. The lowest BCUT2D eigenvalue weighted by Crippen LogP contribution is -1.94. The van der Waals surface area contributed by atoms with Gasteiger partial charge in [-0.15, -0.1) is 0 Å². The molecule has 0 spiro atoms. The summed E-state index contributed by atoms with van der Waals surface area (Å²) >= 11 is 0. The van der Waals surface area contributed by atoms with E-state index in [0.717, 1.165) is 0 Å². The summed E-state index contributed by atoms with van der Waals surface area (Å²) in [7, 11) is 1.35. The van der Waals surface area contributed by atoms with Crippen molar-refractivity contribution in [3.05, 3.63) is 29.1 Å². The van der Waals surface area contributed by atoms with Crippen LogP contribution in [0.3, 0.4) is 0 Å². The van der Waals surface area contributed by atoms with Crippen LogP contribution in [0.15, 0.2) is 12.1 Å². The quantitative estimate of drug-likeness (QED) is 0.637. The van der Waals surface area contributed by atoms with Crippen LogP contribution in [0, 0.1) is 24.1 Å². The van der Waals surface area contributed by atoms with Gasteiger partial charge in [-0.25, -0.2) is 4.39 Å². The molecule has 0 bridgehead atoms. The van der Waals surface area contributed by atoms with E-state index in [9.17, 15) is 4.39 Å². The molecule has 0 unspecified atom stereocenters. The predicted molar refractivity (Wildman–Crippen MR) is 42.4 cm³/mol. The van der Waals surface area contributed by atoms with Crippen LogP contribution in [0.25, 0.3) is 0 Å². The van der Waals surface area contributed by atoms with Crippen LogP contribution in [0.2, 0.25) is 0 Å². The maximum absolute atomic E-state index is 13.2. The fourth-order valence-electron chi connectivity index (χ4n) is 0.942. The van der Waals surface area contributed by atoms with Gasteiger partial charge < -0.3 is 4.74 Å². The third kappa shape index (κ3) is 1.24. The molecular formula is C9H8FNO. The molecule has 0 saturated carbocycles. The lowest BCUT2D eigenvalue weighted by molar-refractivity contribution is 0.384. The first-order valence-electron chi connectivity index (χ1n) is 3.44. The molecule has 1 rings (SSSR count). The van der Waals surface area contributed by atoms with Gasteiger partial charge in [0.25, 0.3) is 0 Å². The second kappa shape index (κ2) is 3.22. The van der Waals surface area contributed by atoms with E-state index >= 15 is 0 Å². The van der Waals surface area contributed by atoms with Gasteiger partial charge in [0.2, 0.25) is 0 Å². The molecule has 0 fully saturated rings. The highest BCUT2D eigenvalue weighted by atomic mass is 19.1. The van der Waals surface area contributed by atoms with Crippen LogP contribution in [0.1, 0.15) is 11.1 Å². The van der Waals surface area contributed by atoms with Crippen LogP contribution in [-0.2, 0) is 0 Å². The molecule has 0 aliphatic rings. The van der Waals surface area contributed by atoms with Crippen molar-refractivity contribution in [3.63, 3.8) is 0 Å². The fourth-order valence-corrected chi connectivity index (χ4v) is 0.942. The van der Waals surface area contributed by atoms with E-state index in [4.69, 9.17) is 10.00 Å².